The number of aromatic nitrogens is 5. The van der Waals surface area contributed by atoms with E-state index in [2.05, 4.69) is 51.7 Å². The van der Waals surface area contributed by atoms with Crippen LogP contribution in [0.25, 0.3) is 22.2 Å². The van der Waals surface area contributed by atoms with Gasteiger partial charge in [0.05, 0.1) is 23.6 Å². The third kappa shape index (κ3) is 3.44. The number of halogens is 1. The number of rotatable bonds is 5. The van der Waals surface area contributed by atoms with E-state index in [4.69, 9.17) is 14.8 Å². The van der Waals surface area contributed by atoms with Gasteiger partial charge in [0.2, 0.25) is 5.90 Å². The van der Waals surface area contributed by atoms with Crippen molar-refractivity contribution in [3.8, 4) is 11.3 Å². The molecule has 3 N–H and O–H groups in total. The van der Waals surface area contributed by atoms with Gasteiger partial charge in [0.15, 0.2) is 12.4 Å². The Hall–Kier alpha value is -4.44. The number of H-pyrrole nitrogens is 2. The van der Waals surface area contributed by atoms with Crippen LogP contribution in [0.5, 0.6) is 0 Å². The minimum absolute atomic E-state index is 0.183. The number of fused-ring (bicyclic) bond motifs is 3. The number of imidazole rings is 1. The van der Waals surface area contributed by atoms with Gasteiger partial charge in [-0.05, 0) is 49.2 Å². The van der Waals surface area contributed by atoms with Crippen LogP contribution in [-0.4, -0.2) is 42.4 Å². The van der Waals surface area contributed by atoms with Crippen molar-refractivity contribution in [3.63, 3.8) is 0 Å². The van der Waals surface area contributed by atoms with E-state index in [9.17, 15) is 4.39 Å². The van der Waals surface area contributed by atoms with Crippen molar-refractivity contribution in [3.05, 3.63) is 95.6 Å². The summed E-state index contributed by atoms with van der Waals surface area (Å²) in [6.45, 7) is 4.96. The van der Waals surface area contributed by atoms with E-state index in [0.717, 1.165) is 45.8 Å². The molecule has 0 amide bonds. The first-order valence-electron chi connectivity index (χ1n) is 12.7. The van der Waals surface area contributed by atoms with E-state index in [-0.39, 0.29) is 18.6 Å². The lowest BCUT2D eigenvalue weighted by molar-refractivity contribution is 0.0253. The predicted molar refractivity (Wildman–Crippen MR) is 141 cm³/mol. The van der Waals surface area contributed by atoms with Crippen LogP contribution in [0, 0.1) is 5.82 Å². The summed E-state index contributed by atoms with van der Waals surface area (Å²) >= 11 is 0. The molecule has 9 nitrogen and oxygen atoms in total. The molecule has 10 heteroatoms. The molecule has 2 aliphatic heterocycles. The average molecular weight is 511 g/mol. The van der Waals surface area contributed by atoms with Crippen LogP contribution in [-0.2, 0) is 23.4 Å². The third-order valence-electron chi connectivity index (χ3n) is 7.45. The number of benzene rings is 2. The number of aryl methyl sites for hydroxylation is 1. The van der Waals surface area contributed by atoms with Gasteiger partial charge in [0.1, 0.15) is 11.6 Å². The lowest BCUT2D eigenvalue weighted by atomic mass is 9.85. The first kappa shape index (κ1) is 22.7. The fraction of sp³-hybridized carbons (Fsp3) is 0.250. The van der Waals surface area contributed by atoms with Gasteiger partial charge < -0.3 is 14.7 Å². The summed E-state index contributed by atoms with van der Waals surface area (Å²) in [5.41, 5.74) is 4.93. The van der Waals surface area contributed by atoms with Crippen molar-refractivity contribution >= 4 is 16.8 Å². The van der Waals surface area contributed by atoms with Gasteiger partial charge >= 0.3 is 0 Å². The largest absolute Gasteiger partial charge is 0.457 e. The fourth-order valence-electron chi connectivity index (χ4n) is 5.61. The normalized spacial score (nSPS) is 21.0. The molecule has 5 heterocycles. The smallest absolute Gasteiger partial charge is 0.204 e. The maximum Gasteiger partial charge on any atom is 0.204 e. The molecule has 7 rings (SSSR count). The molecule has 0 radical (unpaired) electrons. The highest BCUT2D eigenvalue weighted by Crippen LogP contribution is 2.45. The zero-order valence-electron chi connectivity index (χ0n) is 21.1. The topological polar surface area (TPSA) is 99.1 Å². The van der Waals surface area contributed by atoms with Crippen LogP contribution >= 0.6 is 0 Å². The zero-order chi connectivity index (χ0) is 25.9. The molecule has 2 aromatic carbocycles. The standard InChI is InChI=1S/C28H27FN8O/c1-3-36-15-19(13-31-36)28(37-16-38-17(2)35-37)26-22(21-6-4-5-7-23(21)32-26)12-24(34-28)27-30-14-25(33-27)18-8-10-20(29)11-9-18/h4-11,13-15,24,32,34H,3,12,16H2,1-2H3,(H,30,33)/t24-,28?/m1/s1. The summed E-state index contributed by atoms with van der Waals surface area (Å²) in [5, 5.41) is 16.4. The summed E-state index contributed by atoms with van der Waals surface area (Å²) in [6, 6.07) is 14.5. The monoisotopic (exact) mass is 510 g/mol. The number of para-hydroxylation sites is 1. The lowest BCUT2D eigenvalue weighted by Gasteiger charge is -2.45. The Labute approximate surface area is 218 Å². The molecule has 0 spiro atoms. The van der Waals surface area contributed by atoms with E-state index in [1.54, 1.807) is 12.1 Å². The molecule has 2 atom stereocenters. The zero-order valence-corrected chi connectivity index (χ0v) is 21.1. The number of aromatic amines is 2. The van der Waals surface area contributed by atoms with E-state index in [1.807, 2.05) is 35.1 Å². The quantitative estimate of drug-likeness (QED) is 0.320. The maximum absolute atomic E-state index is 13.5. The Kier molecular flexibility index (Phi) is 5.12. The van der Waals surface area contributed by atoms with E-state index in [1.165, 1.54) is 17.7 Å². The first-order valence-corrected chi connectivity index (χ1v) is 12.7. The minimum atomic E-state index is -0.884. The minimum Gasteiger partial charge on any atom is -0.457 e. The molecule has 192 valence electrons. The Morgan fingerprint density at radius 1 is 1.16 bits per heavy atom. The molecule has 0 saturated carbocycles. The predicted octanol–water partition coefficient (Wildman–Crippen LogP) is 4.62. The fourth-order valence-corrected chi connectivity index (χ4v) is 5.61. The molecule has 2 aliphatic rings. The van der Waals surface area contributed by atoms with Gasteiger partial charge in [0.25, 0.3) is 0 Å². The van der Waals surface area contributed by atoms with Gasteiger partial charge in [-0.2, -0.15) is 5.10 Å². The van der Waals surface area contributed by atoms with Crippen molar-refractivity contribution < 1.29 is 9.13 Å². The molecule has 0 saturated heterocycles. The van der Waals surface area contributed by atoms with E-state index < -0.39 is 5.66 Å². The number of nitrogens with one attached hydrogen (secondary N) is 3. The maximum atomic E-state index is 13.5. The molecule has 0 fully saturated rings. The van der Waals surface area contributed by atoms with Crippen LogP contribution in [0.3, 0.4) is 0 Å². The van der Waals surface area contributed by atoms with Gasteiger partial charge in [-0.25, -0.2) is 14.4 Å². The van der Waals surface area contributed by atoms with Gasteiger partial charge in [0, 0.05) is 47.9 Å². The lowest BCUT2D eigenvalue weighted by Crippen LogP contribution is -2.58. The SMILES string of the molecule is CCn1cc(C2(N3COC(C)=N3)N[C@@H](c3nc(-c4ccc(F)cc4)c[nH]3)Cc3c2[nH]c2ccccc32)cn1. The van der Waals surface area contributed by atoms with Crippen LogP contribution in [0.1, 0.15) is 42.5 Å². The highest BCUT2D eigenvalue weighted by Gasteiger charge is 2.51. The molecule has 1 unspecified atom stereocenters. The molecule has 5 aromatic rings. The molecule has 3 aromatic heterocycles. The molecule has 0 bridgehead atoms. The van der Waals surface area contributed by atoms with Gasteiger partial charge in [-0.1, -0.05) is 18.2 Å². The summed E-state index contributed by atoms with van der Waals surface area (Å²) in [4.78, 5) is 12.0. The van der Waals surface area contributed by atoms with Crippen molar-refractivity contribution in [1.29, 1.82) is 0 Å². The molecular weight excluding hydrogens is 483 g/mol. The summed E-state index contributed by atoms with van der Waals surface area (Å²) in [5.74, 6) is 1.12. The Balaban J connectivity index is 1.42. The van der Waals surface area contributed by atoms with Gasteiger partial charge in [-0.3, -0.25) is 10.00 Å². The van der Waals surface area contributed by atoms with Crippen LogP contribution in [0.2, 0.25) is 0 Å². The number of nitrogens with zero attached hydrogens (tertiary/aromatic N) is 5. The summed E-state index contributed by atoms with van der Waals surface area (Å²) in [7, 11) is 0. The van der Waals surface area contributed by atoms with Crippen LogP contribution < -0.4 is 5.32 Å². The Bertz CT molecular complexity index is 1670. The number of hydrazone groups is 1. The summed E-state index contributed by atoms with van der Waals surface area (Å²) < 4.78 is 21.3. The average Bonchev–Trinajstić information content (AvgIpc) is 3.74. The van der Waals surface area contributed by atoms with Gasteiger partial charge in [-0.15, -0.1) is 5.10 Å². The highest BCUT2D eigenvalue weighted by molar-refractivity contribution is 5.86. The number of hydrogen-bond acceptors (Lipinski definition) is 6. The second kappa shape index (κ2) is 8.56. The van der Waals surface area contributed by atoms with E-state index in [0.29, 0.717) is 12.3 Å². The second-order valence-electron chi connectivity index (χ2n) is 9.69. The molecular formula is C28H27FN8O. The Morgan fingerprint density at radius 2 is 2.00 bits per heavy atom. The van der Waals surface area contributed by atoms with Crippen LogP contribution in [0.15, 0.2) is 72.2 Å². The molecule has 38 heavy (non-hydrogen) atoms. The number of hydrogen-bond donors (Lipinski definition) is 3. The van der Waals surface area contributed by atoms with Crippen molar-refractivity contribution in [2.75, 3.05) is 6.73 Å². The summed E-state index contributed by atoms with van der Waals surface area (Å²) in [6.07, 6.45) is 6.52. The number of ether oxygens (including phenoxy) is 1. The molecule has 0 aliphatic carbocycles. The van der Waals surface area contributed by atoms with E-state index >= 15 is 0 Å². The Morgan fingerprint density at radius 3 is 2.76 bits per heavy atom. The second-order valence-corrected chi connectivity index (χ2v) is 9.69. The van der Waals surface area contributed by atoms with Crippen molar-refractivity contribution in [2.45, 2.75) is 38.5 Å². The van der Waals surface area contributed by atoms with Crippen LogP contribution in [0.4, 0.5) is 4.39 Å². The highest BCUT2D eigenvalue weighted by atomic mass is 19.1. The third-order valence-corrected chi connectivity index (χ3v) is 7.45. The van der Waals surface area contributed by atoms with Crippen molar-refractivity contribution in [2.24, 2.45) is 5.10 Å². The van der Waals surface area contributed by atoms with Crippen molar-refractivity contribution in [1.82, 2.24) is 35.1 Å². The first-order chi connectivity index (χ1) is 18.5.